The van der Waals surface area contributed by atoms with E-state index in [4.69, 9.17) is 0 Å². The van der Waals surface area contributed by atoms with Crippen molar-refractivity contribution in [3.8, 4) is 27.9 Å². The first kappa shape index (κ1) is 30.0. The van der Waals surface area contributed by atoms with E-state index in [0.717, 1.165) is 5.69 Å². The molecule has 0 bridgehead atoms. The molecule has 0 fully saturated rings. The van der Waals surface area contributed by atoms with E-state index in [1.54, 1.807) is 0 Å². The van der Waals surface area contributed by atoms with Crippen LogP contribution in [-0.4, -0.2) is 4.57 Å². The molecule has 0 unspecified atom stereocenters. The van der Waals surface area contributed by atoms with Gasteiger partial charge in [0.1, 0.15) is 0 Å². The third-order valence-corrected chi connectivity index (χ3v) is 12.1. The van der Waals surface area contributed by atoms with Crippen molar-refractivity contribution in [1.29, 1.82) is 0 Å². The second-order valence-electron chi connectivity index (χ2n) is 14.3. The first-order chi connectivity index (χ1) is 25.0. The van der Waals surface area contributed by atoms with E-state index in [1.807, 2.05) is 11.3 Å². The Morgan fingerprint density at radius 3 is 2.06 bits per heavy atom. The second kappa shape index (κ2) is 11.3. The van der Waals surface area contributed by atoms with Gasteiger partial charge in [-0.05, 0) is 113 Å². The molecule has 2 aromatic heterocycles. The van der Waals surface area contributed by atoms with Crippen molar-refractivity contribution in [2.75, 3.05) is 4.90 Å². The number of para-hydroxylation sites is 2. The van der Waals surface area contributed by atoms with E-state index in [-0.39, 0.29) is 5.41 Å². The van der Waals surface area contributed by atoms with Gasteiger partial charge in [-0.1, -0.05) is 111 Å². The molecule has 1 aliphatic carbocycles. The fraction of sp³-hybridized carbons (Fsp3) is 0.0833. The topological polar surface area (TPSA) is 8.17 Å². The quantitative estimate of drug-likeness (QED) is 0.177. The van der Waals surface area contributed by atoms with Crippen LogP contribution in [0.4, 0.5) is 17.1 Å². The largest absolute Gasteiger partial charge is 0.310 e. The minimum atomic E-state index is -0.0683. The lowest BCUT2D eigenvalue weighted by Crippen LogP contribution is -2.16. The Bertz CT molecular complexity index is 2790. The molecule has 0 radical (unpaired) electrons. The molecule has 0 atom stereocenters. The van der Waals surface area contributed by atoms with E-state index in [0.29, 0.717) is 0 Å². The van der Waals surface area contributed by atoms with Crippen LogP contribution in [0.5, 0.6) is 0 Å². The minimum Gasteiger partial charge on any atom is -0.310 e. The van der Waals surface area contributed by atoms with Crippen LogP contribution in [0.2, 0.25) is 0 Å². The van der Waals surface area contributed by atoms with Crippen molar-refractivity contribution in [3.05, 3.63) is 180 Å². The molecular formula is C48H36N2S. The number of benzene rings is 7. The Morgan fingerprint density at radius 1 is 0.549 bits per heavy atom. The van der Waals surface area contributed by atoms with Crippen molar-refractivity contribution in [1.82, 2.24) is 4.57 Å². The van der Waals surface area contributed by atoms with Gasteiger partial charge >= 0.3 is 0 Å². The Labute approximate surface area is 302 Å². The summed E-state index contributed by atoms with van der Waals surface area (Å²) in [5.41, 5.74) is 16.3. The number of aryl methyl sites for hydroxylation is 1. The lowest BCUT2D eigenvalue weighted by atomic mass is 9.82. The van der Waals surface area contributed by atoms with Crippen molar-refractivity contribution < 1.29 is 0 Å². The van der Waals surface area contributed by atoms with Crippen LogP contribution < -0.4 is 4.90 Å². The molecule has 0 spiro atoms. The van der Waals surface area contributed by atoms with Gasteiger partial charge in [0.05, 0.1) is 15.7 Å². The SMILES string of the molecule is Cc1cc(-c2ccc3c(c2)c2sc4ccccc4c2n3-c2ccccc2)ccc1N(c1ccccc1)c1ccc2c(c1)C(C)(C)c1ccccc1-2. The number of hydrogen-bond donors (Lipinski definition) is 0. The molecule has 1 aliphatic rings. The molecule has 2 heterocycles. The third-order valence-electron chi connectivity index (χ3n) is 10.9. The number of hydrogen-bond acceptors (Lipinski definition) is 2. The van der Waals surface area contributed by atoms with Crippen LogP contribution in [0.1, 0.15) is 30.5 Å². The summed E-state index contributed by atoms with van der Waals surface area (Å²) in [7, 11) is 0. The number of nitrogens with zero attached hydrogens (tertiary/aromatic N) is 2. The van der Waals surface area contributed by atoms with Gasteiger partial charge in [0.25, 0.3) is 0 Å². The van der Waals surface area contributed by atoms with Crippen LogP contribution in [0.3, 0.4) is 0 Å². The van der Waals surface area contributed by atoms with Crippen LogP contribution in [0.15, 0.2) is 164 Å². The molecule has 244 valence electrons. The summed E-state index contributed by atoms with van der Waals surface area (Å²) in [6, 6.07) is 60.2. The molecule has 0 saturated carbocycles. The Hall–Kier alpha value is -5.90. The monoisotopic (exact) mass is 672 g/mol. The van der Waals surface area contributed by atoms with Gasteiger partial charge in [0.2, 0.25) is 0 Å². The summed E-state index contributed by atoms with van der Waals surface area (Å²) >= 11 is 1.89. The maximum Gasteiger partial charge on any atom is 0.0727 e. The lowest BCUT2D eigenvalue weighted by Gasteiger charge is -2.29. The van der Waals surface area contributed by atoms with Crippen molar-refractivity contribution >= 4 is 59.6 Å². The summed E-state index contributed by atoms with van der Waals surface area (Å²) < 4.78 is 5.09. The zero-order valence-electron chi connectivity index (χ0n) is 28.9. The first-order valence-electron chi connectivity index (χ1n) is 17.7. The van der Waals surface area contributed by atoms with Crippen molar-refractivity contribution in [2.24, 2.45) is 0 Å². The molecule has 51 heavy (non-hydrogen) atoms. The summed E-state index contributed by atoms with van der Waals surface area (Å²) in [5.74, 6) is 0. The Balaban J connectivity index is 1.10. The average Bonchev–Trinajstić information content (AvgIpc) is 3.78. The highest BCUT2D eigenvalue weighted by atomic mass is 32.1. The molecular weight excluding hydrogens is 637 g/mol. The molecule has 2 nitrogen and oxygen atoms in total. The molecule has 0 N–H and O–H groups in total. The number of rotatable bonds is 5. The van der Waals surface area contributed by atoms with Crippen LogP contribution in [-0.2, 0) is 5.41 Å². The maximum atomic E-state index is 2.44. The number of aromatic nitrogens is 1. The first-order valence-corrected chi connectivity index (χ1v) is 18.5. The second-order valence-corrected chi connectivity index (χ2v) is 15.3. The summed E-state index contributed by atoms with van der Waals surface area (Å²) in [6.07, 6.45) is 0. The van der Waals surface area contributed by atoms with Gasteiger partial charge in [0, 0.05) is 43.6 Å². The average molecular weight is 673 g/mol. The number of fused-ring (bicyclic) bond motifs is 8. The highest BCUT2D eigenvalue weighted by Gasteiger charge is 2.35. The molecule has 7 aromatic carbocycles. The Morgan fingerprint density at radius 2 is 1.24 bits per heavy atom. The highest BCUT2D eigenvalue weighted by Crippen LogP contribution is 2.51. The predicted octanol–water partition coefficient (Wildman–Crippen LogP) is 13.7. The van der Waals surface area contributed by atoms with Gasteiger partial charge in [-0.25, -0.2) is 0 Å². The zero-order valence-corrected chi connectivity index (χ0v) is 29.7. The van der Waals surface area contributed by atoms with E-state index in [9.17, 15) is 0 Å². The standard InChI is InChI=1S/C48H36N2S/c1-31-28-32(33-23-27-44-40(29-33)47-46(39-19-11-13-21-45(39)51-47)50(44)35-16-8-5-9-17-35)22-26-43(31)49(34-14-6-4-7-15-34)36-24-25-38-37-18-10-12-20-41(37)48(2,3)42(38)30-36/h4-30H,1-3H3. The Kier molecular flexibility index (Phi) is 6.65. The fourth-order valence-electron chi connectivity index (χ4n) is 8.42. The van der Waals surface area contributed by atoms with E-state index in [2.05, 4.69) is 194 Å². The third kappa shape index (κ3) is 4.55. The minimum absolute atomic E-state index is 0.0683. The molecule has 0 saturated heterocycles. The van der Waals surface area contributed by atoms with E-state index < -0.39 is 0 Å². The summed E-state index contributed by atoms with van der Waals surface area (Å²) in [5, 5.41) is 2.60. The summed E-state index contributed by atoms with van der Waals surface area (Å²) in [6.45, 7) is 6.95. The van der Waals surface area contributed by atoms with Gasteiger partial charge in [-0.2, -0.15) is 0 Å². The van der Waals surface area contributed by atoms with Gasteiger partial charge in [-0.3, -0.25) is 0 Å². The highest BCUT2D eigenvalue weighted by molar-refractivity contribution is 7.26. The van der Waals surface area contributed by atoms with Crippen molar-refractivity contribution in [2.45, 2.75) is 26.2 Å². The van der Waals surface area contributed by atoms with E-state index in [1.165, 1.54) is 87.2 Å². The van der Waals surface area contributed by atoms with Gasteiger partial charge in [-0.15, -0.1) is 11.3 Å². The predicted molar refractivity (Wildman–Crippen MR) is 219 cm³/mol. The van der Waals surface area contributed by atoms with E-state index >= 15 is 0 Å². The summed E-state index contributed by atoms with van der Waals surface area (Å²) in [4.78, 5) is 2.42. The van der Waals surface area contributed by atoms with Crippen molar-refractivity contribution in [3.63, 3.8) is 0 Å². The molecule has 0 amide bonds. The van der Waals surface area contributed by atoms with Crippen LogP contribution >= 0.6 is 11.3 Å². The smallest absolute Gasteiger partial charge is 0.0727 e. The maximum absolute atomic E-state index is 2.44. The molecule has 3 heteroatoms. The molecule has 10 rings (SSSR count). The molecule has 0 aliphatic heterocycles. The lowest BCUT2D eigenvalue weighted by molar-refractivity contribution is 0.660. The zero-order chi connectivity index (χ0) is 34.3. The fourth-order valence-corrected chi connectivity index (χ4v) is 9.63. The number of thiophene rings is 1. The van der Waals surface area contributed by atoms with Crippen LogP contribution in [0.25, 0.3) is 59.1 Å². The normalized spacial score (nSPS) is 13.2. The van der Waals surface area contributed by atoms with Gasteiger partial charge < -0.3 is 9.47 Å². The van der Waals surface area contributed by atoms with Gasteiger partial charge in [0.15, 0.2) is 0 Å². The number of anilines is 3. The molecule has 9 aromatic rings. The van der Waals surface area contributed by atoms with Crippen LogP contribution in [0, 0.1) is 6.92 Å².